The van der Waals surface area contributed by atoms with Crippen LogP contribution in [0.25, 0.3) is 0 Å². The Morgan fingerprint density at radius 3 is 2.25 bits per heavy atom. The summed E-state index contributed by atoms with van der Waals surface area (Å²) in [5, 5.41) is 0. The van der Waals surface area contributed by atoms with Crippen LogP contribution in [0.4, 0.5) is 0 Å². The average molecular weight is 108 g/mol. The molecule has 0 radical (unpaired) electrons. The predicted molar refractivity (Wildman–Crippen MR) is 32.4 cm³/mol. The van der Waals surface area contributed by atoms with Gasteiger partial charge in [-0.1, -0.05) is 6.92 Å². The van der Waals surface area contributed by atoms with Crippen molar-refractivity contribution in [1.29, 1.82) is 0 Å². The Labute approximate surface area is 50.3 Å². The van der Waals surface area contributed by atoms with Crippen LogP contribution < -0.4 is 0 Å². The lowest BCUT2D eigenvalue weighted by atomic mass is 9.66. The van der Waals surface area contributed by atoms with Crippen molar-refractivity contribution in [2.45, 2.75) is 26.2 Å². The maximum absolute atomic E-state index is 2.49. The van der Waals surface area contributed by atoms with E-state index in [-0.39, 0.29) is 0 Å². The third-order valence-corrected chi connectivity index (χ3v) is 3.80. The molecule has 0 amide bonds. The SMILES string of the molecule is CC12CC(C1)C1CC12. The monoisotopic (exact) mass is 108 g/mol. The molecule has 0 nitrogen and oxygen atoms in total. The first-order valence-electron chi connectivity index (χ1n) is 3.80. The second-order valence-electron chi connectivity index (χ2n) is 4.33. The van der Waals surface area contributed by atoms with E-state index < -0.39 is 0 Å². The van der Waals surface area contributed by atoms with Crippen LogP contribution in [0.2, 0.25) is 0 Å². The van der Waals surface area contributed by atoms with Crippen LogP contribution in [-0.2, 0) is 0 Å². The van der Waals surface area contributed by atoms with Gasteiger partial charge in [-0.05, 0) is 42.4 Å². The van der Waals surface area contributed by atoms with Crippen LogP contribution in [0, 0.1) is 23.2 Å². The fourth-order valence-corrected chi connectivity index (χ4v) is 3.28. The lowest BCUT2D eigenvalue weighted by Crippen LogP contribution is -2.29. The molecule has 0 aromatic heterocycles. The minimum absolute atomic E-state index is 0.870. The Bertz CT molecular complexity index is 142. The fraction of sp³-hybridized carbons (Fsp3) is 1.00. The summed E-state index contributed by atoms with van der Waals surface area (Å²) < 4.78 is 0. The minimum atomic E-state index is 0.870. The smallest absolute Gasteiger partial charge is 0.0289 e. The molecule has 8 heavy (non-hydrogen) atoms. The highest BCUT2D eigenvalue weighted by atomic mass is 14.7. The van der Waals surface area contributed by atoms with E-state index in [4.69, 9.17) is 0 Å². The molecule has 44 valence electrons. The molecule has 0 saturated heterocycles. The van der Waals surface area contributed by atoms with Gasteiger partial charge in [0.15, 0.2) is 0 Å². The molecule has 2 unspecified atom stereocenters. The second-order valence-corrected chi connectivity index (χ2v) is 4.33. The first-order valence-corrected chi connectivity index (χ1v) is 3.80. The number of hydrogen-bond donors (Lipinski definition) is 0. The van der Waals surface area contributed by atoms with Gasteiger partial charge in [-0.15, -0.1) is 0 Å². The van der Waals surface area contributed by atoms with E-state index in [1.165, 1.54) is 17.8 Å². The fourth-order valence-electron chi connectivity index (χ4n) is 3.28. The molecular formula is C8H12. The van der Waals surface area contributed by atoms with E-state index >= 15 is 0 Å². The van der Waals surface area contributed by atoms with Crippen LogP contribution >= 0.6 is 0 Å². The zero-order valence-electron chi connectivity index (χ0n) is 5.35. The Kier molecular flexibility index (Phi) is 0.381. The Morgan fingerprint density at radius 2 is 2.12 bits per heavy atom. The molecule has 0 heteroatoms. The van der Waals surface area contributed by atoms with Crippen LogP contribution in [0.5, 0.6) is 0 Å². The topological polar surface area (TPSA) is 0 Å². The first-order chi connectivity index (χ1) is 3.80. The standard InChI is InChI=1S/C8H12/c1-8-3-5(4-8)6-2-7(6)8/h5-7H,2-4H2,1H3. The van der Waals surface area contributed by atoms with Gasteiger partial charge in [-0.25, -0.2) is 0 Å². The van der Waals surface area contributed by atoms with Crippen LogP contribution in [-0.4, -0.2) is 0 Å². The third-order valence-electron chi connectivity index (χ3n) is 3.80. The van der Waals surface area contributed by atoms with Crippen molar-refractivity contribution in [3.8, 4) is 0 Å². The van der Waals surface area contributed by atoms with Gasteiger partial charge in [-0.3, -0.25) is 0 Å². The van der Waals surface area contributed by atoms with Gasteiger partial charge in [0.05, 0.1) is 0 Å². The summed E-state index contributed by atoms with van der Waals surface area (Å²) in [6, 6.07) is 0. The van der Waals surface area contributed by atoms with Crippen molar-refractivity contribution >= 4 is 0 Å². The van der Waals surface area contributed by atoms with Crippen molar-refractivity contribution in [3.63, 3.8) is 0 Å². The number of hydrogen-bond acceptors (Lipinski definition) is 0. The number of rotatable bonds is 0. The molecule has 0 spiro atoms. The van der Waals surface area contributed by atoms with Gasteiger partial charge in [0.2, 0.25) is 0 Å². The molecule has 4 rings (SSSR count). The van der Waals surface area contributed by atoms with Gasteiger partial charge < -0.3 is 0 Å². The van der Waals surface area contributed by atoms with Gasteiger partial charge in [0, 0.05) is 0 Å². The lowest BCUT2D eigenvalue weighted by Gasteiger charge is -2.39. The van der Waals surface area contributed by atoms with E-state index in [2.05, 4.69) is 6.92 Å². The van der Waals surface area contributed by atoms with Crippen molar-refractivity contribution in [2.75, 3.05) is 0 Å². The van der Waals surface area contributed by atoms with Crippen molar-refractivity contribution in [2.24, 2.45) is 23.2 Å². The van der Waals surface area contributed by atoms with Crippen molar-refractivity contribution < 1.29 is 0 Å². The molecule has 4 aliphatic rings. The molecule has 4 aliphatic carbocycles. The zero-order chi connectivity index (χ0) is 5.35. The van der Waals surface area contributed by atoms with E-state index in [0.717, 1.165) is 5.41 Å². The van der Waals surface area contributed by atoms with Crippen molar-refractivity contribution in [1.82, 2.24) is 0 Å². The van der Waals surface area contributed by atoms with Gasteiger partial charge in [-0.2, -0.15) is 0 Å². The Hall–Kier alpha value is 0. The van der Waals surface area contributed by atoms with Crippen molar-refractivity contribution in [3.05, 3.63) is 0 Å². The van der Waals surface area contributed by atoms with Gasteiger partial charge in [0.1, 0.15) is 0 Å². The zero-order valence-corrected chi connectivity index (χ0v) is 5.35. The molecular weight excluding hydrogens is 96.1 g/mol. The summed E-state index contributed by atoms with van der Waals surface area (Å²) in [5.74, 6) is 3.62. The third kappa shape index (κ3) is 0.222. The summed E-state index contributed by atoms with van der Waals surface area (Å²) in [7, 11) is 0. The maximum Gasteiger partial charge on any atom is -0.0289 e. The molecule has 4 saturated carbocycles. The minimum Gasteiger partial charge on any atom is -0.0593 e. The van der Waals surface area contributed by atoms with E-state index in [1.807, 2.05) is 0 Å². The van der Waals surface area contributed by atoms with Crippen LogP contribution in [0.1, 0.15) is 26.2 Å². The molecule has 2 bridgehead atoms. The molecule has 0 aliphatic heterocycles. The maximum atomic E-state index is 2.49. The van der Waals surface area contributed by atoms with E-state index in [0.29, 0.717) is 0 Å². The van der Waals surface area contributed by atoms with Crippen LogP contribution in [0.3, 0.4) is 0 Å². The van der Waals surface area contributed by atoms with E-state index in [9.17, 15) is 0 Å². The quantitative estimate of drug-likeness (QED) is 0.445. The van der Waals surface area contributed by atoms with Crippen LogP contribution in [0.15, 0.2) is 0 Å². The highest BCUT2D eigenvalue weighted by molar-refractivity contribution is 5.17. The Balaban J connectivity index is 2.08. The summed E-state index contributed by atoms with van der Waals surface area (Å²) in [4.78, 5) is 0. The first kappa shape index (κ1) is 3.92. The Morgan fingerprint density at radius 1 is 1.38 bits per heavy atom. The largest absolute Gasteiger partial charge is 0.0593 e. The molecule has 0 aromatic carbocycles. The summed E-state index contributed by atoms with van der Waals surface area (Å²) in [6.45, 7) is 2.49. The highest BCUT2D eigenvalue weighted by Gasteiger charge is 2.67. The molecule has 4 fully saturated rings. The second kappa shape index (κ2) is 0.778. The molecule has 0 aromatic rings. The molecule has 2 atom stereocenters. The summed E-state index contributed by atoms with van der Waals surface area (Å²) >= 11 is 0. The predicted octanol–water partition coefficient (Wildman–Crippen LogP) is 2.05. The van der Waals surface area contributed by atoms with Gasteiger partial charge >= 0.3 is 0 Å². The lowest BCUT2D eigenvalue weighted by molar-refractivity contribution is 0.115. The van der Waals surface area contributed by atoms with Gasteiger partial charge in [0.25, 0.3) is 0 Å². The van der Waals surface area contributed by atoms with E-state index in [1.54, 1.807) is 19.3 Å². The highest BCUT2D eigenvalue weighted by Crippen LogP contribution is 2.76. The summed E-state index contributed by atoms with van der Waals surface area (Å²) in [6.07, 6.45) is 4.77. The normalized spacial score (nSPS) is 73.9. The summed E-state index contributed by atoms with van der Waals surface area (Å²) in [5.41, 5.74) is 0.870. The average Bonchev–Trinajstić information content (AvgIpc) is 2.27. The molecule has 0 N–H and O–H groups in total. The molecule has 0 heterocycles.